The van der Waals surface area contributed by atoms with Crippen molar-refractivity contribution in [1.29, 1.82) is 0 Å². The molecule has 0 unspecified atom stereocenters. The molecule has 0 heterocycles. The second kappa shape index (κ2) is 11.3. The molecule has 2 nitrogen and oxygen atoms in total. The second-order valence-electron chi connectivity index (χ2n) is 8.33. The van der Waals surface area contributed by atoms with E-state index in [1.165, 1.54) is 21.2 Å². The van der Waals surface area contributed by atoms with Crippen molar-refractivity contribution in [3.05, 3.63) is 146 Å². The van der Waals surface area contributed by atoms with Crippen LogP contribution in [0.5, 0.6) is 0 Å². The van der Waals surface area contributed by atoms with Crippen LogP contribution in [0.2, 0.25) is 0 Å². The Hall–Kier alpha value is -2.40. The second-order valence-corrected chi connectivity index (χ2v) is 20.2. The number of rotatable bonds is 8. The van der Waals surface area contributed by atoms with Crippen LogP contribution in [0, 0.1) is 0 Å². The number of nitrogens with one attached hydrogen (secondary N) is 2. The summed E-state index contributed by atoms with van der Waals surface area (Å²) in [4.78, 5) is 0. The SMILES string of the molecule is [Se]=P(Nc1ccccc1NP(=[Se])(c1ccccc1)c1ccccc1)(c1ccccc1)c1ccccc1. The summed E-state index contributed by atoms with van der Waals surface area (Å²) < 4.78 is 0. The molecule has 0 saturated carbocycles. The third-order valence-corrected chi connectivity index (χ3v) is 17.6. The zero-order valence-corrected chi connectivity index (χ0v) is 24.8. The first-order valence-corrected chi connectivity index (χ1v) is 19.7. The first kappa shape index (κ1) is 25.3. The van der Waals surface area contributed by atoms with E-state index in [0.717, 1.165) is 11.4 Å². The van der Waals surface area contributed by atoms with E-state index in [9.17, 15) is 0 Å². The molecular formula is C30H26N2P2Se2. The Bertz CT molecular complexity index is 1320. The fourth-order valence-corrected chi connectivity index (χ4v) is 13.0. The van der Waals surface area contributed by atoms with Crippen LogP contribution >= 0.6 is 11.3 Å². The minimum absolute atomic E-state index is 1.07. The summed E-state index contributed by atoms with van der Waals surface area (Å²) in [6, 6.07) is 51.3. The Morgan fingerprint density at radius 3 is 0.806 bits per heavy atom. The molecule has 5 rings (SSSR count). The van der Waals surface area contributed by atoms with Gasteiger partial charge in [0.15, 0.2) is 0 Å². The van der Waals surface area contributed by atoms with Crippen LogP contribution in [0.15, 0.2) is 146 Å². The molecule has 0 spiro atoms. The van der Waals surface area contributed by atoms with Crippen molar-refractivity contribution in [3.63, 3.8) is 0 Å². The van der Waals surface area contributed by atoms with Crippen molar-refractivity contribution in [1.82, 2.24) is 0 Å². The van der Waals surface area contributed by atoms with Gasteiger partial charge in [-0.3, -0.25) is 0 Å². The molecule has 0 aliphatic heterocycles. The van der Waals surface area contributed by atoms with E-state index >= 15 is 0 Å². The van der Waals surface area contributed by atoms with Crippen LogP contribution in [0.4, 0.5) is 11.4 Å². The fraction of sp³-hybridized carbons (Fsp3) is 0. The molecule has 5 aromatic carbocycles. The molecule has 0 aromatic heterocycles. The number of para-hydroxylation sites is 2. The summed E-state index contributed by atoms with van der Waals surface area (Å²) in [7, 11) is 0. The van der Waals surface area contributed by atoms with Gasteiger partial charge in [0.25, 0.3) is 0 Å². The van der Waals surface area contributed by atoms with Gasteiger partial charge in [-0.15, -0.1) is 0 Å². The van der Waals surface area contributed by atoms with E-state index in [2.05, 4.69) is 186 Å². The molecule has 0 aliphatic rings. The van der Waals surface area contributed by atoms with Gasteiger partial charge in [0.1, 0.15) is 0 Å². The van der Waals surface area contributed by atoms with Gasteiger partial charge in [-0.1, -0.05) is 0 Å². The van der Waals surface area contributed by atoms with E-state index in [0.29, 0.717) is 0 Å². The first-order valence-electron chi connectivity index (χ1n) is 11.7. The van der Waals surface area contributed by atoms with E-state index in [4.69, 9.17) is 0 Å². The van der Waals surface area contributed by atoms with Gasteiger partial charge < -0.3 is 0 Å². The zero-order chi connectivity index (χ0) is 24.8. The number of hydrogen-bond donors (Lipinski definition) is 2. The molecule has 5 aromatic rings. The van der Waals surface area contributed by atoms with Gasteiger partial charge in [0.05, 0.1) is 0 Å². The Morgan fingerprint density at radius 2 is 0.556 bits per heavy atom. The molecule has 2 N–H and O–H groups in total. The van der Waals surface area contributed by atoms with Gasteiger partial charge in [-0.05, 0) is 0 Å². The van der Waals surface area contributed by atoms with Crippen LogP contribution in [0.25, 0.3) is 0 Å². The summed E-state index contributed by atoms with van der Waals surface area (Å²) in [6.45, 7) is 0. The van der Waals surface area contributed by atoms with Crippen molar-refractivity contribution >= 4 is 74.1 Å². The molecule has 0 atom stereocenters. The average molecular weight is 634 g/mol. The predicted molar refractivity (Wildman–Crippen MR) is 163 cm³/mol. The van der Waals surface area contributed by atoms with Crippen molar-refractivity contribution < 1.29 is 0 Å². The molecule has 0 amide bonds. The van der Waals surface area contributed by atoms with Crippen molar-refractivity contribution in [2.75, 3.05) is 10.2 Å². The molecular weight excluding hydrogens is 608 g/mol. The maximum atomic E-state index is 3.98. The molecule has 178 valence electrons. The molecule has 0 fully saturated rings. The number of anilines is 2. The summed E-state index contributed by atoms with van der Waals surface area (Å²) in [5, 5.41) is 13.0. The van der Waals surface area contributed by atoms with E-state index in [1.54, 1.807) is 0 Å². The van der Waals surface area contributed by atoms with Gasteiger partial charge in [-0.25, -0.2) is 0 Å². The first-order chi connectivity index (χ1) is 17.6. The van der Waals surface area contributed by atoms with Crippen LogP contribution in [-0.4, -0.2) is 30.2 Å². The van der Waals surface area contributed by atoms with E-state index < -0.39 is 11.3 Å². The Labute approximate surface area is 228 Å². The van der Waals surface area contributed by atoms with Crippen LogP contribution in [0.1, 0.15) is 0 Å². The Morgan fingerprint density at radius 1 is 0.333 bits per heavy atom. The molecule has 0 aliphatic carbocycles. The summed E-state index contributed by atoms with van der Waals surface area (Å²) in [6.07, 6.45) is 0. The van der Waals surface area contributed by atoms with Gasteiger partial charge in [0, 0.05) is 0 Å². The molecule has 6 heteroatoms. The monoisotopic (exact) mass is 636 g/mol. The third-order valence-electron chi connectivity index (χ3n) is 5.96. The van der Waals surface area contributed by atoms with E-state index in [-0.39, 0.29) is 0 Å². The number of hydrogen-bond acceptors (Lipinski definition) is 2. The van der Waals surface area contributed by atoms with Crippen molar-refractivity contribution in [2.45, 2.75) is 0 Å². The molecule has 0 saturated heterocycles. The molecule has 0 bridgehead atoms. The predicted octanol–water partition coefficient (Wildman–Crippen LogP) is 5.84. The van der Waals surface area contributed by atoms with Gasteiger partial charge in [-0.2, -0.15) is 0 Å². The summed E-state index contributed by atoms with van der Waals surface area (Å²) >= 11 is 7.20. The van der Waals surface area contributed by atoms with Gasteiger partial charge >= 0.3 is 230 Å². The fourth-order valence-electron chi connectivity index (χ4n) is 4.13. The molecule has 0 radical (unpaired) electrons. The third kappa shape index (κ3) is 5.32. The number of benzene rings is 5. The standard InChI is InChI=1S/C30H26N2P2Se2/c35-33(25-15-5-1-6-16-25,26-17-7-2-8-18-26)31-29-23-13-14-24-30(29)32-34(36,27-19-9-3-10-20-27)28-21-11-4-12-22-28/h1-24H,(H,31,35)(H,32,36). The summed E-state index contributed by atoms with van der Waals surface area (Å²) in [5.74, 6) is 0. The molecule has 36 heavy (non-hydrogen) atoms. The Balaban J connectivity index is 1.61. The topological polar surface area (TPSA) is 24.1 Å². The van der Waals surface area contributed by atoms with Crippen LogP contribution < -0.4 is 31.4 Å². The van der Waals surface area contributed by atoms with Crippen LogP contribution in [-0.2, 0) is 0 Å². The normalized spacial score (nSPS) is 11.6. The average Bonchev–Trinajstić information content (AvgIpc) is 2.96. The van der Waals surface area contributed by atoms with Gasteiger partial charge in [0.2, 0.25) is 0 Å². The zero-order valence-electron chi connectivity index (χ0n) is 19.6. The van der Waals surface area contributed by atoms with Crippen molar-refractivity contribution in [2.24, 2.45) is 0 Å². The van der Waals surface area contributed by atoms with E-state index in [1.807, 2.05) is 0 Å². The quantitative estimate of drug-likeness (QED) is 0.166. The van der Waals surface area contributed by atoms with Crippen LogP contribution in [0.3, 0.4) is 0 Å². The summed E-state index contributed by atoms with van der Waals surface area (Å²) in [5.41, 5.74) is -1.94. The maximum absolute atomic E-state index is 3.98. The Kier molecular flexibility index (Phi) is 7.95. The minimum atomic E-state index is -2.05. The van der Waals surface area contributed by atoms with Crippen molar-refractivity contribution in [3.8, 4) is 0 Å².